The van der Waals surface area contributed by atoms with Crippen LogP contribution in [0, 0.1) is 0 Å². The molecule has 3 aromatic rings. The third-order valence-corrected chi connectivity index (χ3v) is 8.13. The summed E-state index contributed by atoms with van der Waals surface area (Å²) in [5.41, 5.74) is 4.42. The van der Waals surface area contributed by atoms with Crippen LogP contribution in [0.15, 0.2) is 79.1 Å². The zero-order chi connectivity index (χ0) is 28.2. The van der Waals surface area contributed by atoms with E-state index in [0.29, 0.717) is 32.5 Å². The zero-order valence-corrected chi connectivity index (χ0v) is 24.0. The molecule has 0 aliphatic carbocycles. The molecule has 2 aliphatic heterocycles. The fraction of sp³-hybridized carbons (Fsp3) is 0.406. The molecule has 2 aliphatic rings. The van der Waals surface area contributed by atoms with Gasteiger partial charge in [0.2, 0.25) is 11.8 Å². The highest BCUT2D eigenvalue weighted by atomic mass is 16.2. The maximum atomic E-state index is 14.3. The van der Waals surface area contributed by atoms with Gasteiger partial charge in [-0.25, -0.2) is 10.0 Å². The largest absolute Gasteiger partial charge is 0.378 e. The number of likely N-dealkylation sites (N-methyl/N-ethyl adjacent to an activating group) is 1. The van der Waals surface area contributed by atoms with E-state index < -0.39 is 12.1 Å². The first kappa shape index (κ1) is 27.8. The second-order valence-electron chi connectivity index (χ2n) is 11.0. The van der Waals surface area contributed by atoms with Crippen molar-refractivity contribution in [1.82, 2.24) is 24.8 Å². The van der Waals surface area contributed by atoms with Crippen molar-refractivity contribution in [2.45, 2.75) is 57.5 Å². The van der Waals surface area contributed by atoms with Crippen LogP contribution in [0.2, 0.25) is 0 Å². The summed E-state index contributed by atoms with van der Waals surface area (Å²) in [7, 11) is 6.06. The van der Waals surface area contributed by atoms with E-state index >= 15 is 0 Å². The Balaban J connectivity index is 1.49. The standard InChI is InChI=1S/C32H40N6O2/c1-5-9-28-31(39)36(21-25-10-7-6-8-11-25)23-30-37(22-26-16-18-33-19-17-26)35(4)29(32(40)38(28)30)20-24-12-14-27(15-13-24)34(2)3/h6-8,10-19,28-30H,5,9,20-23H2,1-4H3/t28-,29?,30+/m0/s1. The van der Waals surface area contributed by atoms with Gasteiger partial charge in [-0.3, -0.25) is 14.6 Å². The van der Waals surface area contributed by atoms with Crippen LogP contribution in [0.25, 0.3) is 0 Å². The number of pyridine rings is 1. The summed E-state index contributed by atoms with van der Waals surface area (Å²) in [5, 5.41) is 4.39. The summed E-state index contributed by atoms with van der Waals surface area (Å²) in [6.07, 6.45) is 5.39. The molecule has 8 heteroatoms. The SMILES string of the molecule is CCC[C@H]1C(=O)N(Cc2ccccc2)C[C@H]2N1C(=O)C(Cc1ccc(N(C)C)cc1)N(C)N2Cc1ccncc1. The van der Waals surface area contributed by atoms with E-state index in [1.54, 1.807) is 12.4 Å². The molecule has 1 aromatic heterocycles. The van der Waals surface area contributed by atoms with Crippen molar-refractivity contribution in [3.8, 4) is 0 Å². The lowest BCUT2D eigenvalue weighted by Crippen LogP contribution is -2.76. The molecule has 0 spiro atoms. The molecule has 2 aromatic carbocycles. The number of hydrazine groups is 1. The van der Waals surface area contributed by atoms with Crippen LogP contribution in [0.4, 0.5) is 5.69 Å². The van der Waals surface area contributed by atoms with E-state index in [4.69, 9.17) is 0 Å². The Morgan fingerprint density at radius 1 is 0.825 bits per heavy atom. The second kappa shape index (κ2) is 12.2. The number of amides is 2. The Morgan fingerprint density at radius 2 is 1.50 bits per heavy atom. The quantitative estimate of drug-likeness (QED) is 0.412. The molecule has 0 radical (unpaired) electrons. The van der Waals surface area contributed by atoms with E-state index in [1.165, 1.54) is 0 Å². The van der Waals surface area contributed by atoms with Gasteiger partial charge >= 0.3 is 0 Å². The Morgan fingerprint density at radius 3 is 2.15 bits per heavy atom. The van der Waals surface area contributed by atoms with Crippen molar-refractivity contribution in [1.29, 1.82) is 0 Å². The molecule has 3 heterocycles. The molecule has 0 saturated carbocycles. The van der Waals surface area contributed by atoms with E-state index in [-0.39, 0.29) is 18.0 Å². The predicted molar refractivity (Wildman–Crippen MR) is 157 cm³/mol. The number of rotatable bonds is 9. The van der Waals surface area contributed by atoms with Crippen molar-refractivity contribution >= 4 is 17.5 Å². The van der Waals surface area contributed by atoms with Crippen molar-refractivity contribution in [3.63, 3.8) is 0 Å². The van der Waals surface area contributed by atoms with Crippen LogP contribution in [-0.2, 0) is 29.1 Å². The Hall–Kier alpha value is -3.75. The van der Waals surface area contributed by atoms with Gasteiger partial charge < -0.3 is 14.7 Å². The van der Waals surface area contributed by atoms with Crippen molar-refractivity contribution < 1.29 is 9.59 Å². The van der Waals surface area contributed by atoms with Crippen LogP contribution in [-0.4, -0.2) is 82.6 Å². The molecule has 8 nitrogen and oxygen atoms in total. The average molecular weight is 541 g/mol. The van der Waals surface area contributed by atoms with Crippen LogP contribution in [0.1, 0.15) is 36.5 Å². The minimum absolute atomic E-state index is 0.0290. The summed E-state index contributed by atoms with van der Waals surface area (Å²) >= 11 is 0. The highest BCUT2D eigenvalue weighted by molar-refractivity contribution is 5.92. The van der Waals surface area contributed by atoms with Crippen LogP contribution >= 0.6 is 0 Å². The first-order valence-electron chi connectivity index (χ1n) is 14.2. The number of nitrogens with zero attached hydrogens (tertiary/aromatic N) is 6. The van der Waals surface area contributed by atoms with Gasteiger partial charge in [-0.05, 0) is 53.8 Å². The van der Waals surface area contributed by atoms with Crippen LogP contribution in [0.3, 0.4) is 0 Å². The van der Waals surface area contributed by atoms with E-state index in [1.807, 2.05) is 61.3 Å². The molecular weight excluding hydrogens is 500 g/mol. The van der Waals surface area contributed by atoms with Gasteiger partial charge in [0.1, 0.15) is 18.2 Å². The summed E-state index contributed by atoms with van der Waals surface area (Å²) in [5.74, 6) is 0.0686. The number of carbonyl (C=O) groups is 2. The van der Waals surface area contributed by atoms with Gasteiger partial charge in [0, 0.05) is 52.3 Å². The minimum Gasteiger partial charge on any atom is -0.378 e. The fourth-order valence-electron chi connectivity index (χ4n) is 5.92. The summed E-state index contributed by atoms with van der Waals surface area (Å²) in [6.45, 7) is 3.69. The zero-order valence-electron chi connectivity index (χ0n) is 24.0. The van der Waals surface area contributed by atoms with Crippen LogP contribution in [0.5, 0.6) is 0 Å². The number of anilines is 1. The third-order valence-electron chi connectivity index (χ3n) is 8.13. The van der Waals surface area contributed by atoms with Gasteiger partial charge in [-0.1, -0.05) is 55.8 Å². The van der Waals surface area contributed by atoms with Gasteiger partial charge in [-0.15, -0.1) is 0 Å². The summed E-state index contributed by atoms with van der Waals surface area (Å²) in [4.78, 5) is 38.3. The first-order valence-corrected chi connectivity index (χ1v) is 14.2. The highest BCUT2D eigenvalue weighted by Gasteiger charge is 2.52. The average Bonchev–Trinajstić information content (AvgIpc) is 2.97. The lowest BCUT2D eigenvalue weighted by molar-refractivity contribution is -0.214. The van der Waals surface area contributed by atoms with E-state index in [2.05, 4.69) is 63.2 Å². The number of carbonyl (C=O) groups excluding carboxylic acids is 2. The molecular formula is C32H40N6O2. The topological polar surface area (TPSA) is 63.2 Å². The number of fused-ring (bicyclic) bond motifs is 1. The van der Waals surface area contributed by atoms with Gasteiger partial charge in [0.15, 0.2) is 0 Å². The normalized spacial score (nSPS) is 21.9. The lowest BCUT2D eigenvalue weighted by Gasteiger charge is -2.57. The van der Waals surface area contributed by atoms with Gasteiger partial charge in [-0.2, -0.15) is 0 Å². The van der Waals surface area contributed by atoms with Crippen LogP contribution < -0.4 is 4.90 Å². The van der Waals surface area contributed by atoms with Crippen molar-refractivity contribution in [2.24, 2.45) is 0 Å². The number of hydrogen-bond acceptors (Lipinski definition) is 6. The Kier molecular flexibility index (Phi) is 8.47. The maximum Gasteiger partial charge on any atom is 0.245 e. The first-order chi connectivity index (χ1) is 19.4. The number of benzene rings is 2. The minimum atomic E-state index is -0.479. The van der Waals surface area contributed by atoms with Gasteiger partial charge in [0.05, 0.1) is 6.54 Å². The highest BCUT2D eigenvalue weighted by Crippen LogP contribution is 2.33. The molecule has 210 valence electrons. The Bertz CT molecular complexity index is 1280. The second-order valence-corrected chi connectivity index (χ2v) is 11.0. The number of piperazine rings is 1. The number of hydrogen-bond donors (Lipinski definition) is 0. The summed E-state index contributed by atoms with van der Waals surface area (Å²) in [6, 6.07) is 21.6. The predicted octanol–water partition coefficient (Wildman–Crippen LogP) is 3.79. The smallest absolute Gasteiger partial charge is 0.245 e. The summed E-state index contributed by atoms with van der Waals surface area (Å²) < 4.78 is 0. The molecule has 0 N–H and O–H groups in total. The third kappa shape index (κ3) is 5.74. The lowest BCUT2D eigenvalue weighted by atomic mass is 9.96. The maximum absolute atomic E-state index is 14.3. The molecule has 0 bridgehead atoms. The molecule has 2 fully saturated rings. The molecule has 3 atom stereocenters. The number of aromatic nitrogens is 1. The van der Waals surface area contributed by atoms with Crippen molar-refractivity contribution in [3.05, 3.63) is 95.8 Å². The Labute approximate surface area is 237 Å². The fourth-order valence-corrected chi connectivity index (χ4v) is 5.92. The van der Waals surface area contributed by atoms with Crippen molar-refractivity contribution in [2.75, 3.05) is 32.6 Å². The molecule has 5 rings (SSSR count). The monoisotopic (exact) mass is 540 g/mol. The molecule has 2 amide bonds. The van der Waals surface area contributed by atoms with E-state index in [0.717, 1.165) is 28.8 Å². The van der Waals surface area contributed by atoms with E-state index in [9.17, 15) is 9.59 Å². The molecule has 2 saturated heterocycles. The van der Waals surface area contributed by atoms with Gasteiger partial charge in [0.25, 0.3) is 0 Å². The molecule has 40 heavy (non-hydrogen) atoms. The molecule has 1 unspecified atom stereocenters.